The Kier molecular flexibility index (Phi) is 3.06. The number of nitrogens with one attached hydrogen (secondary N) is 3. The van der Waals surface area contributed by atoms with E-state index in [9.17, 15) is 4.79 Å². The van der Waals surface area contributed by atoms with Crippen molar-refractivity contribution in [2.75, 3.05) is 16.0 Å². The van der Waals surface area contributed by atoms with Gasteiger partial charge in [-0.25, -0.2) is 4.98 Å². The van der Waals surface area contributed by atoms with Gasteiger partial charge in [0.05, 0.1) is 12.0 Å². The van der Waals surface area contributed by atoms with Crippen LogP contribution in [0.1, 0.15) is 18.9 Å². The van der Waals surface area contributed by atoms with Crippen molar-refractivity contribution in [1.82, 2.24) is 9.97 Å². The molecule has 2 unspecified atom stereocenters. The highest BCUT2D eigenvalue weighted by molar-refractivity contribution is 6.31. The molecule has 0 spiro atoms. The molecule has 7 heteroatoms. The van der Waals surface area contributed by atoms with E-state index in [0.717, 1.165) is 28.9 Å². The van der Waals surface area contributed by atoms with Gasteiger partial charge in [0, 0.05) is 28.9 Å². The first-order valence-corrected chi connectivity index (χ1v) is 8.52. The van der Waals surface area contributed by atoms with Crippen LogP contribution in [0.3, 0.4) is 0 Å². The lowest BCUT2D eigenvalue weighted by Crippen LogP contribution is -2.08. The average molecular weight is 347 g/mol. The molecule has 26 heavy (non-hydrogen) atoms. The minimum absolute atomic E-state index is 0.168. The Hall–Kier alpha value is -3.35. The van der Waals surface area contributed by atoms with Gasteiger partial charge in [0.25, 0.3) is 5.91 Å². The molecule has 1 fully saturated rings. The first-order chi connectivity index (χ1) is 12.6. The molecule has 2 aromatic heterocycles. The molecule has 1 saturated carbocycles. The number of benzene rings is 1. The SMILES string of the molecule is C=C1C(=O)Nc2cc(Nc3nc(NC4CC4C)c4occc4n3)ccc21. The Morgan fingerprint density at radius 1 is 1.31 bits per heavy atom. The van der Waals surface area contributed by atoms with Crippen LogP contribution in [0.2, 0.25) is 0 Å². The number of rotatable bonds is 4. The second-order valence-corrected chi connectivity index (χ2v) is 6.81. The zero-order valence-corrected chi connectivity index (χ0v) is 14.2. The minimum atomic E-state index is -0.168. The number of amides is 1. The van der Waals surface area contributed by atoms with E-state index in [4.69, 9.17) is 4.42 Å². The van der Waals surface area contributed by atoms with E-state index < -0.39 is 0 Å². The van der Waals surface area contributed by atoms with E-state index in [1.165, 1.54) is 0 Å². The summed E-state index contributed by atoms with van der Waals surface area (Å²) >= 11 is 0. The quantitative estimate of drug-likeness (QED) is 0.623. The molecule has 1 aromatic carbocycles. The van der Waals surface area contributed by atoms with Gasteiger partial charge in [-0.3, -0.25) is 4.79 Å². The predicted octanol–water partition coefficient (Wildman–Crippen LogP) is 3.75. The third-order valence-corrected chi connectivity index (χ3v) is 4.86. The van der Waals surface area contributed by atoms with Crippen molar-refractivity contribution in [1.29, 1.82) is 0 Å². The lowest BCUT2D eigenvalue weighted by Gasteiger charge is -2.10. The monoisotopic (exact) mass is 347 g/mol. The molecule has 1 aliphatic heterocycles. The highest BCUT2D eigenvalue weighted by Crippen LogP contribution is 2.36. The molecular formula is C19H17N5O2. The third kappa shape index (κ3) is 2.40. The van der Waals surface area contributed by atoms with Gasteiger partial charge in [-0.15, -0.1) is 0 Å². The molecule has 5 rings (SSSR count). The summed E-state index contributed by atoms with van der Waals surface area (Å²) in [7, 11) is 0. The number of fused-ring (bicyclic) bond motifs is 2. The summed E-state index contributed by atoms with van der Waals surface area (Å²) in [6.45, 7) is 5.99. The van der Waals surface area contributed by atoms with Crippen LogP contribution in [0.4, 0.5) is 23.1 Å². The molecule has 0 saturated heterocycles. The summed E-state index contributed by atoms with van der Waals surface area (Å²) in [5, 5.41) is 9.43. The zero-order valence-electron chi connectivity index (χ0n) is 14.2. The Labute approximate surface area is 149 Å². The lowest BCUT2D eigenvalue weighted by atomic mass is 10.1. The smallest absolute Gasteiger partial charge is 0.255 e. The maximum absolute atomic E-state index is 11.7. The Morgan fingerprint density at radius 2 is 2.15 bits per heavy atom. The number of furan rings is 1. The van der Waals surface area contributed by atoms with Crippen LogP contribution in [0.5, 0.6) is 0 Å². The second-order valence-electron chi connectivity index (χ2n) is 6.81. The molecule has 2 aliphatic rings. The van der Waals surface area contributed by atoms with Gasteiger partial charge in [-0.05, 0) is 24.5 Å². The summed E-state index contributed by atoms with van der Waals surface area (Å²) in [4.78, 5) is 20.8. The number of carbonyl (C=O) groups excluding carboxylic acids is 1. The Morgan fingerprint density at radius 3 is 2.96 bits per heavy atom. The highest BCUT2D eigenvalue weighted by atomic mass is 16.3. The molecule has 0 bridgehead atoms. The zero-order chi connectivity index (χ0) is 17.8. The molecule has 7 nitrogen and oxygen atoms in total. The van der Waals surface area contributed by atoms with Gasteiger partial charge in [-0.2, -0.15) is 4.98 Å². The lowest BCUT2D eigenvalue weighted by molar-refractivity contribution is -0.110. The van der Waals surface area contributed by atoms with E-state index in [2.05, 4.69) is 39.4 Å². The Balaban J connectivity index is 1.47. The van der Waals surface area contributed by atoms with Gasteiger partial charge < -0.3 is 20.4 Å². The van der Waals surface area contributed by atoms with E-state index in [1.807, 2.05) is 24.3 Å². The maximum Gasteiger partial charge on any atom is 0.255 e. The molecular weight excluding hydrogens is 330 g/mol. The number of nitrogens with zero attached hydrogens (tertiary/aromatic N) is 2. The highest BCUT2D eigenvalue weighted by Gasteiger charge is 2.33. The van der Waals surface area contributed by atoms with E-state index in [1.54, 1.807) is 6.26 Å². The summed E-state index contributed by atoms with van der Waals surface area (Å²) in [5.74, 6) is 1.63. The van der Waals surface area contributed by atoms with Crippen LogP contribution in [-0.4, -0.2) is 21.9 Å². The summed E-state index contributed by atoms with van der Waals surface area (Å²) < 4.78 is 5.53. The fourth-order valence-corrected chi connectivity index (χ4v) is 3.15. The number of aromatic nitrogens is 2. The minimum Gasteiger partial charge on any atom is -0.459 e. The van der Waals surface area contributed by atoms with E-state index in [-0.39, 0.29) is 5.91 Å². The van der Waals surface area contributed by atoms with Gasteiger partial charge in [0.2, 0.25) is 5.95 Å². The first-order valence-electron chi connectivity index (χ1n) is 8.52. The van der Waals surface area contributed by atoms with Crippen molar-refractivity contribution in [2.24, 2.45) is 5.92 Å². The molecule has 130 valence electrons. The molecule has 1 aliphatic carbocycles. The third-order valence-electron chi connectivity index (χ3n) is 4.86. The fraction of sp³-hybridized carbons (Fsp3) is 0.211. The van der Waals surface area contributed by atoms with Crippen LogP contribution in [0.15, 0.2) is 41.5 Å². The van der Waals surface area contributed by atoms with Crippen LogP contribution < -0.4 is 16.0 Å². The molecule has 0 radical (unpaired) electrons. The molecule has 3 heterocycles. The summed E-state index contributed by atoms with van der Waals surface area (Å²) in [6, 6.07) is 7.83. The fourth-order valence-electron chi connectivity index (χ4n) is 3.15. The number of hydrogen-bond donors (Lipinski definition) is 3. The van der Waals surface area contributed by atoms with Crippen LogP contribution in [0.25, 0.3) is 16.7 Å². The van der Waals surface area contributed by atoms with Gasteiger partial charge >= 0.3 is 0 Å². The predicted molar refractivity (Wildman–Crippen MR) is 100 cm³/mol. The normalized spacial score (nSPS) is 20.8. The number of hydrogen-bond acceptors (Lipinski definition) is 6. The summed E-state index contributed by atoms with van der Waals surface area (Å²) in [6.07, 6.45) is 2.74. The van der Waals surface area contributed by atoms with Crippen molar-refractivity contribution >= 4 is 45.7 Å². The topological polar surface area (TPSA) is 92.1 Å². The molecule has 2 atom stereocenters. The molecule has 3 N–H and O–H groups in total. The largest absolute Gasteiger partial charge is 0.459 e. The average Bonchev–Trinajstić information content (AvgIpc) is 3.01. The van der Waals surface area contributed by atoms with Gasteiger partial charge in [0.15, 0.2) is 11.4 Å². The van der Waals surface area contributed by atoms with Gasteiger partial charge in [-0.1, -0.05) is 19.6 Å². The standard InChI is InChI=1S/C19H17N5O2/c1-9-7-14(9)21-17-16-13(5-6-26-16)23-19(24-17)20-11-3-4-12-10(2)18(25)22-15(12)8-11/h3-6,8-9,14H,2,7H2,1H3,(H,22,25)(H2,20,21,23,24). The molecule has 1 amide bonds. The number of carbonyl (C=O) groups is 1. The van der Waals surface area contributed by atoms with Crippen molar-refractivity contribution in [3.8, 4) is 0 Å². The van der Waals surface area contributed by atoms with Gasteiger partial charge in [0.1, 0.15) is 5.52 Å². The maximum atomic E-state index is 11.7. The van der Waals surface area contributed by atoms with E-state index in [0.29, 0.717) is 34.9 Å². The van der Waals surface area contributed by atoms with E-state index >= 15 is 0 Å². The van der Waals surface area contributed by atoms with Crippen molar-refractivity contribution in [3.63, 3.8) is 0 Å². The first kappa shape index (κ1) is 14.9. The van der Waals surface area contributed by atoms with Crippen LogP contribution >= 0.6 is 0 Å². The van der Waals surface area contributed by atoms with Crippen molar-refractivity contribution in [2.45, 2.75) is 19.4 Å². The number of anilines is 4. The van der Waals surface area contributed by atoms with Crippen LogP contribution in [-0.2, 0) is 4.79 Å². The van der Waals surface area contributed by atoms with Crippen molar-refractivity contribution in [3.05, 3.63) is 42.7 Å². The van der Waals surface area contributed by atoms with Crippen LogP contribution in [0, 0.1) is 5.92 Å². The summed E-state index contributed by atoms with van der Waals surface area (Å²) in [5.41, 5.74) is 4.21. The second kappa shape index (κ2) is 5.32. The Bertz CT molecular complexity index is 1070. The van der Waals surface area contributed by atoms with Crippen molar-refractivity contribution < 1.29 is 9.21 Å². The molecule has 3 aromatic rings.